The molecule has 0 saturated carbocycles. The number of carbonyl (C=O) groups excluding carboxylic acids is 5. The molecule has 3 aromatic carbocycles. The van der Waals surface area contributed by atoms with Gasteiger partial charge in [0.05, 0.1) is 16.7 Å². The molecule has 1 N–H and O–H groups in total. The van der Waals surface area contributed by atoms with Crippen LogP contribution >= 0.6 is 0 Å². The Balaban J connectivity index is 1.15. The van der Waals surface area contributed by atoms with Gasteiger partial charge in [0.1, 0.15) is 6.04 Å². The van der Waals surface area contributed by atoms with Gasteiger partial charge < -0.3 is 4.90 Å². The lowest BCUT2D eigenvalue weighted by Gasteiger charge is -2.35. The Morgan fingerprint density at radius 3 is 2.27 bits per heavy atom. The monoisotopic (exact) mass is 604 g/mol. The quantitative estimate of drug-likeness (QED) is 0.445. The number of imide groups is 2. The first-order chi connectivity index (χ1) is 21.0. The van der Waals surface area contributed by atoms with Crippen LogP contribution in [0, 0.1) is 0 Å². The Morgan fingerprint density at radius 1 is 0.841 bits per heavy atom. The maximum atomic E-state index is 13.5. The van der Waals surface area contributed by atoms with Gasteiger partial charge in [-0.25, -0.2) is 0 Å². The Labute approximate surface area is 250 Å². The summed E-state index contributed by atoms with van der Waals surface area (Å²) in [6.45, 7) is 2.28. The summed E-state index contributed by atoms with van der Waals surface area (Å²) in [5.74, 6) is -2.71. The molecule has 1 atom stereocenters. The zero-order valence-electron chi connectivity index (χ0n) is 23.4. The first-order valence-electron chi connectivity index (χ1n) is 14.1. The van der Waals surface area contributed by atoms with E-state index in [1.807, 2.05) is 24.3 Å². The van der Waals surface area contributed by atoms with Gasteiger partial charge in [-0.3, -0.25) is 39.1 Å². The van der Waals surface area contributed by atoms with E-state index in [9.17, 15) is 37.1 Å². The van der Waals surface area contributed by atoms with Crippen LogP contribution in [-0.2, 0) is 22.3 Å². The summed E-state index contributed by atoms with van der Waals surface area (Å²) >= 11 is 0. The van der Waals surface area contributed by atoms with Gasteiger partial charge in [-0.1, -0.05) is 36.4 Å². The summed E-state index contributed by atoms with van der Waals surface area (Å²) in [6, 6.07) is 15.9. The Kier molecular flexibility index (Phi) is 7.54. The molecule has 0 radical (unpaired) electrons. The van der Waals surface area contributed by atoms with Crippen molar-refractivity contribution >= 4 is 29.5 Å². The first-order valence-corrected chi connectivity index (χ1v) is 14.1. The lowest BCUT2D eigenvalue weighted by molar-refractivity contribution is -0.138. The van der Waals surface area contributed by atoms with E-state index >= 15 is 0 Å². The van der Waals surface area contributed by atoms with Gasteiger partial charge in [0.15, 0.2) is 0 Å². The predicted molar refractivity (Wildman–Crippen MR) is 151 cm³/mol. The van der Waals surface area contributed by atoms with Crippen LogP contribution in [0.15, 0.2) is 66.7 Å². The summed E-state index contributed by atoms with van der Waals surface area (Å²) in [4.78, 5) is 68.3. The fourth-order valence-electron chi connectivity index (χ4n) is 5.97. The van der Waals surface area contributed by atoms with Crippen molar-refractivity contribution < 1.29 is 37.1 Å². The largest absolute Gasteiger partial charge is 0.416 e. The highest BCUT2D eigenvalue weighted by Crippen LogP contribution is 2.35. The predicted octanol–water partition coefficient (Wildman–Crippen LogP) is 3.73. The van der Waals surface area contributed by atoms with Crippen molar-refractivity contribution in [1.82, 2.24) is 20.0 Å². The highest BCUT2D eigenvalue weighted by atomic mass is 19.4. The number of benzene rings is 3. The van der Waals surface area contributed by atoms with Gasteiger partial charge in [-0.15, -0.1) is 0 Å². The molecule has 0 bridgehead atoms. The van der Waals surface area contributed by atoms with E-state index in [1.54, 1.807) is 23.1 Å². The number of rotatable bonds is 5. The van der Waals surface area contributed by atoms with Crippen LogP contribution in [0.5, 0.6) is 0 Å². The number of hydrogen-bond donors (Lipinski definition) is 1. The molecule has 5 amide bonds. The standard InChI is InChI=1S/C32H27F3N4O5/c33-32(34,35)22-7-2-6-21(17-22)29(42)38-14-12-37(13-15-38)18-19-4-1-5-20(16-19)23-8-3-9-24-27(23)31(44)39(30(24)43)25-10-11-26(40)36-28(25)41/h1-9,16-17,25H,10-15,18H2,(H,36,40,41). The molecular weight excluding hydrogens is 577 g/mol. The van der Waals surface area contributed by atoms with Crippen molar-refractivity contribution in [2.45, 2.75) is 31.6 Å². The Hall–Kier alpha value is -4.84. The zero-order valence-corrected chi connectivity index (χ0v) is 23.4. The number of hydrogen-bond acceptors (Lipinski definition) is 6. The van der Waals surface area contributed by atoms with Crippen molar-refractivity contribution in [2.75, 3.05) is 26.2 Å². The molecule has 3 aromatic rings. The molecule has 2 saturated heterocycles. The minimum atomic E-state index is -4.53. The van der Waals surface area contributed by atoms with Gasteiger partial charge in [-0.2, -0.15) is 13.2 Å². The fraction of sp³-hybridized carbons (Fsp3) is 0.281. The fourth-order valence-corrected chi connectivity index (χ4v) is 5.97. The summed E-state index contributed by atoms with van der Waals surface area (Å²) in [5, 5.41) is 2.20. The van der Waals surface area contributed by atoms with Gasteiger partial charge in [0.25, 0.3) is 17.7 Å². The van der Waals surface area contributed by atoms with Crippen LogP contribution in [-0.4, -0.2) is 76.5 Å². The van der Waals surface area contributed by atoms with Crippen LogP contribution in [0.2, 0.25) is 0 Å². The van der Waals surface area contributed by atoms with E-state index < -0.39 is 47.3 Å². The number of nitrogens with one attached hydrogen (secondary N) is 1. The van der Waals surface area contributed by atoms with Crippen LogP contribution in [0.25, 0.3) is 11.1 Å². The molecule has 3 heterocycles. The molecular formula is C32H27F3N4O5. The molecule has 0 spiro atoms. The summed E-state index contributed by atoms with van der Waals surface area (Å²) < 4.78 is 39.3. The smallest absolute Gasteiger partial charge is 0.336 e. The maximum Gasteiger partial charge on any atom is 0.416 e. The topological polar surface area (TPSA) is 107 Å². The number of halogens is 3. The van der Waals surface area contributed by atoms with Crippen LogP contribution in [0.4, 0.5) is 13.2 Å². The number of carbonyl (C=O) groups is 5. The molecule has 6 rings (SSSR count). The second-order valence-corrected chi connectivity index (χ2v) is 11.0. The van der Waals surface area contributed by atoms with Gasteiger partial charge in [0, 0.05) is 44.7 Å². The molecule has 3 aliphatic heterocycles. The van der Waals surface area contributed by atoms with E-state index in [1.165, 1.54) is 12.1 Å². The van der Waals surface area contributed by atoms with E-state index in [-0.39, 0.29) is 29.5 Å². The van der Waals surface area contributed by atoms with Gasteiger partial charge in [-0.05, 0) is 53.4 Å². The van der Waals surface area contributed by atoms with Crippen molar-refractivity contribution in [1.29, 1.82) is 0 Å². The second-order valence-electron chi connectivity index (χ2n) is 11.0. The number of piperazine rings is 1. The molecule has 0 aromatic heterocycles. The van der Waals surface area contributed by atoms with Crippen molar-refractivity contribution in [3.8, 4) is 11.1 Å². The zero-order chi connectivity index (χ0) is 31.2. The minimum absolute atomic E-state index is 0.000526. The van der Waals surface area contributed by atoms with E-state index in [0.29, 0.717) is 43.9 Å². The van der Waals surface area contributed by atoms with Crippen LogP contribution < -0.4 is 5.32 Å². The lowest BCUT2D eigenvalue weighted by atomic mass is 9.95. The average molecular weight is 605 g/mol. The van der Waals surface area contributed by atoms with Crippen molar-refractivity contribution in [3.05, 3.63) is 94.5 Å². The molecule has 12 heteroatoms. The van der Waals surface area contributed by atoms with E-state index in [4.69, 9.17) is 0 Å². The van der Waals surface area contributed by atoms with Crippen LogP contribution in [0.1, 0.15) is 55.0 Å². The molecule has 226 valence electrons. The third kappa shape index (κ3) is 5.48. The third-order valence-corrected chi connectivity index (χ3v) is 8.21. The number of alkyl halides is 3. The summed E-state index contributed by atoms with van der Waals surface area (Å²) in [6.07, 6.45) is -4.43. The average Bonchev–Trinajstić information content (AvgIpc) is 3.26. The molecule has 0 aliphatic carbocycles. The van der Waals surface area contributed by atoms with Gasteiger partial charge >= 0.3 is 6.18 Å². The molecule has 2 fully saturated rings. The lowest BCUT2D eigenvalue weighted by Crippen LogP contribution is -2.54. The molecule has 1 unspecified atom stereocenters. The number of fused-ring (bicyclic) bond motifs is 1. The summed E-state index contributed by atoms with van der Waals surface area (Å²) in [7, 11) is 0. The SMILES string of the molecule is O=C1CCC(N2C(=O)c3cccc(-c4cccc(CN5CCN(C(=O)c6cccc(C(F)(F)F)c6)CC5)c4)c3C2=O)C(=O)N1. The van der Waals surface area contributed by atoms with Crippen molar-refractivity contribution in [3.63, 3.8) is 0 Å². The maximum absolute atomic E-state index is 13.5. The minimum Gasteiger partial charge on any atom is -0.336 e. The molecule has 44 heavy (non-hydrogen) atoms. The van der Waals surface area contributed by atoms with Crippen LogP contribution in [0.3, 0.4) is 0 Å². The summed E-state index contributed by atoms with van der Waals surface area (Å²) in [5.41, 5.74) is 1.74. The highest BCUT2D eigenvalue weighted by molar-refractivity contribution is 6.25. The third-order valence-electron chi connectivity index (χ3n) is 8.21. The first kappa shape index (κ1) is 29.2. The Morgan fingerprint density at radius 2 is 1.55 bits per heavy atom. The van der Waals surface area contributed by atoms with E-state index in [2.05, 4.69) is 10.2 Å². The van der Waals surface area contributed by atoms with E-state index in [0.717, 1.165) is 22.6 Å². The highest BCUT2D eigenvalue weighted by Gasteiger charge is 2.45. The Bertz CT molecular complexity index is 1700. The molecule has 9 nitrogen and oxygen atoms in total. The number of piperidine rings is 1. The van der Waals surface area contributed by atoms with Gasteiger partial charge in [0.2, 0.25) is 11.8 Å². The number of amides is 5. The number of nitrogens with zero attached hydrogens (tertiary/aromatic N) is 3. The normalized spacial score (nSPS) is 19.3. The second kappa shape index (κ2) is 11.3. The molecule has 3 aliphatic rings. The van der Waals surface area contributed by atoms with Crippen molar-refractivity contribution in [2.24, 2.45) is 0 Å².